The van der Waals surface area contributed by atoms with Crippen molar-refractivity contribution in [3.8, 4) is 0 Å². The van der Waals surface area contributed by atoms with Crippen LogP contribution in [0.4, 0.5) is 4.79 Å². The number of amides is 4. The van der Waals surface area contributed by atoms with Crippen molar-refractivity contribution in [1.29, 1.82) is 0 Å². The highest BCUT2D eigenvalue weighted by atomic mass is 16.6. The number of benzene rings is 2. The minimum atomic E-state index is -2.42. The van der Waals surface area contributed by atoms with E-state index < -0.39 is 150 Å². The Labute approximate surface area is 409 Å². The molecule has 2 bridgehead atoms. The van der Waals surface area contributed by atoms with E-state index in [2.05, 4.69) is 16.0 Å². The number of carboxylic acids is 1. The summed E-state index contributed by atoms with van der Waals surface area (Å²) >= 11 is 0. The lowest BCUT2D eigenvalue weighted by molar-refractivity contribution is -0.332. The second-order valence-electron chi connectivity index (χ2n) is 19.9. The molecule has 3 aliphatic carbocycles. The SMILES string of the molecule is CC(=O)O[C@@]12COC1C[C@H](O)C1C(=O)[C@H](O)C3=C(C)[C@@H](OC(=O)[C@H](O)[C@@H](NC(=O)N[C@H](C(=O)N4CCC[C@H]4C(=O)NCC(=O)O)C(C)C)c4ccccc4)C[C@@](O)([C@@H](OC(=O)c4ccccc4)C12)C3(C)C. The Hall–Kier alpha value is -6.26. The number of fused-ring (bicyclic) bond motifs is 5. The number of nitrogens with one attached hydrogen (secondary N) is 3. The lowest BCUT2D eigenvalue weighted by atomic mass is 9.49. The van der Waals surface area contributed by atoms with Crippen LogP contribution in [0.3, 0.4) is 0 Å². The van der Waals surface area contributed by atoms with Crippen LogP contribution in [0, 0.1) is 23.2 Å². The number of carbonyl (C=O) groups is 8. The average Bonchev–Trinajstić information content (AvgIpc) is 3.82. The number of ether oxygens (including phenoxy) is 4. The molecule has 4 fully saturated rings. The van der Waals surface area contributed by atoms with Crippen LogP contribution in [0.1, 0.15) is 89.2 Å². The van der Waals surface area contributed by atoms with Crippen LogP contribution >= 0.6 is 0 Å². The number of aliphatic hydroxyl groups excluding tert-OH is 3. The number of hydrogen-bond acceptors (Lipinski definition) is 16. The summed E-state index contributed by atoms with van der Waals surface area (Å²) < 4.78 is 24.1. The third-order valence-corrected chi connectivity index (χ3v) is 15.0. The van der Waals surface area contributed by atoms with Crippen molar-refractivity contribution in [1.82, 2.24) is 20.9 Å². The van der Waals surface area contributed by atoms with Gasteiger partial charge in [0.25, 0.3) is 0 Å². The number of nitrogens with zero attached hydrogens (tertiary/aromatic N) is 1. The van der Waals surface area contributed by atoms with Crippen molar-refractivity contribution in [2.75, 3.05) is 19.7 Å². The van der Waals surface area contributed by atoms with Gasteiger partial charge in [0, 0.05) is 31.7 Å². The van der Waals surface area contributed by atoms with Crippen LogP contribution in [0.5, 0.6) is 0 Å². The molecular weight excluding hydrogens is 929 g/mol. The number of carbonyl (C=O) groups excluding carboxylic acids is 7. The molecule has 71 heavy (non-hydrogen) atoms. The molecular formula is C50H62N4O17. The third-order valence-electron chi connectivity index (χ3n) is 15.0. The molecule has 0 radical (unpaired) electrons. The van der Waals surface area contributed by atoms with E-state index in [-0.39, 0.29) is 48.3 Å². The number of aliphatic carboxylic acids is 1. The fraction of sp³-hybridized carbons (Fsp3) is 0.560. The van der Waals surface area contributed by atoms with Crippen molar-refractivity contribution in [3.05, 3.63) is 82.9 Å². The molecule has 0 aromatic heterocycles. The Morgan fingerprint density at radius 1 is 0.944 bits per heavy atom. The van der Waals surface area contributed by atoms with Gasteiger partial charge in [-0.3, -0.25) is 24.0 Å². The fourth-order valence-corrected chi connectivity index (χ4v) is 11.3. The van der Waals surface area contributed by atoms with E-state index in [4.69, 9.17) is 24.1 Å². The molecule has 5 aliphatic rings. The molecule has 7 rings (SSSR count). The number of urea groups is 1. The van der Waals surface area contributed by atoms with Gasteiger partial charge in [0.15, 0.2) is 17.5 Å². The van der Waals surface area contributed by atoms with Crippen LogP contribution in [0.15, 0.2) is 71.8 Å². The number of carboxylic acid groups (broad SMARTS) is 1. The predicted molar refractivity (Wildman–Crippen MR) is 245 cm³/mol. The molecule has 0 spiro atoms. The van der Waals surface area contributed by atoms with E-state index in [9.17, 15) is 58.8 Å². The summed E-state index contributed by atoms with van der Waals surface area (Å²) in [6.07, 6.45) is -10.3. The van der Waals surface area contributed by atoms with Crippen molar-refractivity contribution < 1.29 is 82.8 Å². The molecule has 2 heterocycles. The number of Topliss-reactive ketones (excluding diaryl/α,β-unsaturated/α-hetero) is 1. The van der Waals surface area contributed by atoms with Gasteiger partial charge in [-0.1, -0.05) is 76.2 Å². The Morgan fingerprint density at radius 3 is 2.18 bits per heavy atom. The quantitative estimate of drug-likeness (QED) is 0.0739. The number of hydrogen-bond donors (Lipinski definition) is 8. The maximum absolute atomic E-state index is 14.8. The molecule has 2 aromatic carbocycles. The average molecular weight is 991 g/mol. The lowest BCUT2D eigenvalue weighted by Gasteiger charge is -2.64. The van der Waals surface area contributed by atoms with E-state index in [1.165, 1.54) is 49.9 Å². The normalized spacial score (nSPS) is 30.9. The van der Waals surface area contributed by atoms with E-state index in [1.807, 2.05) is 0 Å². The van der Waals surface area contributed by atoms with Crippen molar-refractivity contribution >= 4 is 47.5 Å². The molecule has 21 heteroatoms. The minimum Gasteiger partial charge on any atom is -0.480 e. The van der Waals surface area contributed by atoms with Gasteiger partial charge in [0.1, 0.15) is 48.6 Å². The summed E-state index contributed by atoms with van der Waals surface area (Å²) in [6, 6.07) is 10.7. The van der Waals surface area contributed by atoms with Gasteiger partial charge in [0.2, 0.25) is 11.8 Å². The molecule has 13 atom stereocenters. The largest absolute Gasteiger partial charge is 0.480 e. The first-order valence-corrected chi connectivity index (χ1v) is 23.7. The van der Waals surface area contributed by atoms with Crippen LogP contribution in [-0.4, -0.2) is 158 Å². The van der Waals surface area contributed by atoms with Gasteiger partial charge in [-0.2, -0.15) is 0 Å². The molecule has 4 amide bonds. The highest BCUT2D eigenvalue weighted by molar-refractivity contribution is 5.94. The summed E-state index contributed by atoms with van der Waals surface area (Å²) in [4.78, 5) is 109. The summed E-state index contributed by atoms with van der Waals surface area (Å²) in [5.41, 5.74) is -5.65. The van der Waals surface area contributed by atoms with Crippen molar-refractivity contribution in [2.24, 2.45) is 23.2 Å². The molecule has 2 aliphatic heterocycles. The number of esters is 3. The lowest BCUT2D eigenvalue weighted by Crippen LogP contribution is -2.79. The molecule has 3 unspecified atom stereocenters. The summed E-state index contributed by atoms with van der Waals surface area (Å²) in [7, 11) is 0. The smallest absolute Gasteiger partial charge is 0.338 e. The maximum Gasteiger partial charge on any atom is 0.338 e. The molecule has 2 aromatic rings. The third kappa shape index (κ3) is 9.76. The van der Waals surface area contributed by atoms with Crippen molar-refractivity contribution in [2.45, 2.75) is 133 Å². The zero-order valence-electron chi connectivity index (χ0n) is 40.2. The molecule has 21 nitrogen and oxygen atoms in total. The summed E-state index contributed by atoms with van der Waals surface area (Å²) in [5.74, 6) is -10.3. The Bertz CT molecular complexity index is 2450. The number of rotatable bonds is 14. The zero-order valence-corrected chi connectivity index (χ0v) is 40.2. The van der Waals surface area contributed by atoms with Gasteiger partial charge in [-0.15, -0.1) is 0 Å². The molecule has 384 valence electrons. The van der Waals surface area contributed by atoms with Gasteiger partial charge in [-0.05, 0) is 54.5 Å². The highest BCUT2D eigenvalue weighted by Crippen LogP contribution is 2.61. The Morgan fingerprint density at radius 2 is 1.59 bits per heavy atom. The predicted octanol–water partition coefficient (Wildman–Crippen LogP) is 0.860. The van der Waals surface area contributed by atoms with Crippen LogP contribution < -0.4 is 16.0 Å². The van der Waals surface area contributed by atoms with Crippen LogP contribution in [0.2, 0.25) is 0 Å². The van der Waals surface area contributed by atoms with Gasteiger partial charge in [0.05, 0.1) is 36.2 Å². The summed E-state index contributed by atoms with van der Waals surface area (Å²) in [5, 5.41) is 65.8. The van der Waals surface area contributed by atoms with Crippen molar-refractivity contribution in [3.63, 3.8) is 0 Å². The van der Waals surface area contributed by atoms with Crippen LogP contribution in [-0.2, 0) is 47.7 Å². The number of ketones is 1. The van der Waals surface area contributed by atoms with E-state index >= 15 is 0 Å². The van der Waals surface area contributed by atoms with E-state index in [0.717, 1.165) is 6.92 Å². The molecule has 2 saturated carbocycles. The summed E-state index contributed by atoms with van der Waals surface area (Å²) in [6.45, 7) is 8.08. The fourth-order valence-electron chi connectivity index (χ4n) is 11.3. The Balaban J connectivity index is 1.21. The van der Waals surface area contributed by atoms with Gasteiger partial charge in [-0.25, -0.2) is 14.4 Å². The first-order valence-electron chi connectivity index (χ1n) is 23.7. The monoisotopic (exact) mass is 990 g/mol. The van der Waals surface area contributed by atoms with Gasteiger partial charge < -0.3 is 65.3 Å². The Kier molecular flexibility index (Phi) is 15.1. The van der Waals surface area contributed by atoms with Crippen LogP contribution in [0.25, 0.3) is 0 Å². The second-order valence-corrected chi connectivity index (χ2v) is 19.9. The minimum absolute atomic E-state index is 0.0419. The van der Waals surface area contributed by atoms with E-state index in [1.54, 1.807) is 50.2 Å². The zero-order chi connectivity index (χ0) is 51.9. The second kappa shape index (κ2) is 20.5. The number of aliphatic hydroxyl groups is 4. The highest BCUT2D eigenvalue weighted by Gasteiger charge is 2.74. The standard InChI is InChI=1S/C50H62N4O17/c1-24(2)37(44(63)54-19-13-18-29(54)43(62)51-22-33(57)58)52-47(66)53-38(27-14-9-7-10-15-27)41(61)46(65)69-31-21-50(67)42(70-45(64)28-16-11-8-12-17-28)36-34(39(59)40(60)35(25(31)3)48(50,5)6)30(56)20-32-49(36,23-68-32)71-26(4)55/h7-12,14-17,24,29-32,34,36-38,40-42,56,60-61,67H,13,18-23H2,1-6H3,(H,51,62)(H,57,58)(H2,52,53,66)/t29-,30-,31-,32?,34?,36?,37-,38-,40+,41+,42-,49-,50+/m0/s1. The van der Waals surface area contributed by atoms with E-state index in [0.29, 0.717) is 6.42 Å². The van der Waals surface area contributed by atoms with Gasteiger partial charge >= 0.3 is 29.9 Å². The first kappa shape index (κ1) is 52.6. The topological polar surface area (TPSA) is 314 Å². The number of likely N-dealkylation sites (tertiary alicyclic amines) is 1. The molecule has 8 N–H and O–H groups in total. The molecule has 2 saturated heterocycles. The first-order chi connectivity index (χ1) is 33.4. The maximum atomic E-state index is 14.8.